The van der Waals surface area contributed by atoms with E-state index in [4.69, 9.17) is 0 Å². The Balaban J connectivity index is 2.55. The summed E-state index contributed by atoms with van der Waals surface area (Å²) in [5, 5.41) is 5.10. The van der Waals surface area contributed by atoms with Crippen molar-refractivity contribution in [2.45, 2.75) is 6.92 Å². The molecule has 15 heavy (non-hydrogen) atoms. The molecule has 0 aliphatic carbocycles. The summed E-state index contributed by atoms with van der Waals surface area (Å²) in [5.74, 6) is 0. The van der Waals surface area contributed by atoms with Crippen LogP contribution in [0.3, 0.4) is 0 Å². The minimum absolute atomic E-state index is 1.19. The van der Waals surface area contributed by atoms with Crippen molar-refractivity contribution in [3.05, 3.63) is 60.2 Å². The van der Waals surface area contributed by atoms with Crippen LogP contribution in [0.25, 0.3) is 21.5 Å². The van der Waals surface area contributed by atoms with Gasteiger partial charge < -0.3 is 0 Å². The average Bonchev–Trinajstić information content (AvgIpc) is 2.28. The summed E-state index contributed by atoms with van der Waals surface area (Å²) in [6.07, 6.45) is 0. The van der Waals surface area contributed by atoms with Crippen LogP contribution in [0.2, 0.25) is 0 Å². The molecule has 3 aromatic carbocycles. The molecule has 0 heterocycles. The van der Waals surface area contributed by atoms with Crippen molar-refractivity contribution < 1.29 is 0 Å². The molecule has 0 spiro atoms. The predicted octanol–water partition coefficient (Wildman–Crippen LogP) is 4.10. The van der Waals surface area contributed by atoms with Crippen LogP contribution in [-0.2, 0) is 0 Å². The summed E-state index contributed by atoms with van der Waals surface area (Å²) in [6.45, 7) is 2.13. The molecule has 0 amide bonds. The average molecular weight is 191 g/mol. The maximum absolute atomic E-state index is 3.26. The van der Waals surface area contributed by atoms with Gasteiger partial charge in [0, 0.05) is 0 Å². The van der Waals surface area contributed by atoms with Crippen LogP contribution in [0, 0.1) is 13.0 Å². The van der Waals surface area contributed by atoms with E-state index in [1.54, 1.807) is 0 Å². The summed E-state index contributed by atoms with van der Waals surface area (Å²) < 4.78 is 0. The number of benzene rings is 3. The lowest BCUT2D eigenvalue weighted by Gasteiger charge is -2.03. The van der Waals surface area contributed by atoms with Crippen molar-refractivity contribution in [1.29, 1.82) is 0 Å². The Labute approximate surface area is 89.2 Å². The van der Waals surface area contributed by atoms with E-state index in [1.165, 1.54) is 27.1 Å². The van der Waals surface area contributed by atoms with Crippen LogP contribution in [0.4, 0.5) is 0 Å². The number of fused-ring (bicyclic) bond motifs is 3. The Kier molecular flexibility index (Phi) is 1.75. The van der Waals surface area contributed by atoms with Gasteiger partial charge in [0.15, 0.2) is 0 Å². The van der Waals surface area contributed by atoms with Crippen LogP contribution < -0.4 is 0 Å². The second kappa shape index (κ2) is 3.09. The fraction of sp³-hybridized carbons (Fsp3) is 0.0667. The fourth-order valence-electron chi connectivity index (χ4n) is 2.06. The predicted molar refractivity (Wildman–Crippen MR) is 65.0 cm³/mol. The van der Waals surface area contributed by atoms with E-state index in [-0.39, 0.29) is 0 Å². The van der Waals surface area contributed by atoms with Gasteiger partial charge in [-0.15, -0.1) is 0 Å². The van der Waals surface area contributed by atoms with Gasteiger partial charge in [-0.25, -0.2) is 0 Å². The summed E-state index contributed by atoms with van der Waals surface area (Å²) in [5.41, 5.74) is 1.31. The second-order valence-corrected chi connectivity index (χ2v) is 3.92. The molecule has 0 saturated heterocycles. The van der Waals surface area contributed by atoms with E-state index in [1.807, 2.05) is 12.1 Å². The molecule has 0 heteroatoms. The molecule has 3 aromatic rings. The van der Waals surface area contributed by atoms with Crippen molar-refractivity contribution in [1.82, 2.24) is 0 Å². The van der Waals surface area contributed by atoms with E-state index >= 15 is 0 Å². The second-order valence-electron chi connectivity index (χ2n) is 3.92. The van der Waals surface area contributed by atoms with E-state index in [0.717, 1.165) is 0 Å². The molecular formula is C15H11. The Morgan fingerprint density at radius 3 is 2.80 bits per heavy atom. The summed E-state index contributed by atoms with van der Waals surface area (Å²) in [6, 6.07) is 20.3. The highest BCUT2D eigenvalue weighted by atomic mass is 14.0. The van der Waals surface area contributed by atoms with Crippen LogP contribution in [-0.4, -0.2) is 0 Å². The minimum atomic E-state index is 1.19. The van der Waals surface area contributed by atoms with Crippen molar-refractivity contribution >= 4 is 21.5 Å². The molecule has 0 saturated carbocycles. The highest BCUT2D eigenvalue weighted by molar-refractivity contribution is 6.07. The van der Waals surface area contributed by atoms with Crippen molar-refractivity contribution in [3.8, 4) is 0 Å². The zero-order valence-corrected chi connectivity index (χ0v) is 8.62. The van der Waals surface area contributed by atoms with Gasteiger partial charge in [-0.05, 0) is 34.5 Å². The third-order valence-electron chi connectivity index (χ3n) is 2.81. The molecule has 0 fully saturated rings. The van der Waals surface area contributed by atoms with Gasteiger partial charge in [-0.1, -0.05) is 54.1 Å². The molecule has 0 aromatic heterocycles. The lowest BCUT2D eigenvalue weighted by atomic mass is 10.0. The topological polar surface area (TPSA) is 0 Å². The van der Waals surface area contributed by atoms with Gasteiger partial charge in [-0.2, -0.15) is 0 Å². The lowest BCUT2D eigenvalue weighted by molar-refractivity contribution is 1.51. The first-order valence-corrected chi connectivity index (χ1v) is 5.14. The van der Waals surface area contributed by atoms with Gasteiger partial charge in [0.05, 0.1) is 0 Å². The van der Waals surface area contributed by atoms with Crippen molar-refractivity contribution in [3.63, 3.8) is 0 Å². The van der Waals surface area contributed by atoms with Gasteiger partial charge >= 0.3 is 0 Å². The molecule has 1 radical (unpaired) electrons. The molecule has 0 aliphatic heterocycles. The van der Waals surface area contributed by atoms with Crippen molar-refractivity contribution in [2.75, 3.05) is 0 Å². The largest absolute Gasteiger partial charge is 0.0610 e. The number of aryl methyl sites for hydroxylation is 1. The minimum Gasteiger partial charge on any atom is -0.0610 e. The van der Waals surface area contributed by atoms with Crippen LogP contribution in [0.15, 0.2) is 48.5 Å². The Bertz CT molecular complexity index is 636. The maximum atomic E-state index is 3.26. The summed E-state index contributed by atoms with van der Waals surface area (Å²) >= 11 is 0. The number of hydrogen-bond acceptors (Lipinski definition) is 0. The molecule has 71 valence electrons. The van der Waals surface area contributed by atoms with E-state index in [2.05, 4.69) is 49.4 Å². The molecule has 0 aliphatic rings. The van der Waals surface area contributed by atoms with E-state index < -0.39 is 0 Å². The van der Waals surface area contributed by atoms with Gasteiger partial charge in [0.25, 0.3) is 0 Å². The molecule has 0 atom stereocenters. The molecule has 3 rings (SSSR count). The Hall–Kier alpha value is -1.82. The van der Waals surface area contributed by atoms with Crippen LogP contribution in [0.5, 0.6) is 0 Å². The Morgan fingerprint density at radius 2 is 1.87 bits per heavy atom. The highest BCUT2D eigenvalue weighted by Gasteiger charge is 1.99. The highest BCUT2D eigenvalue weighted by Crippen LogP contribution is 2.25. The quantitative estimate of drug-likeness (QED) is 0.469. The van der Waals surface area contributed by atoms with Crippen molar-refractivity contribution in [2.24, 2.45) is 0 Å². The standard InChI is InChI=1S/C15H11/c1-11-6-9-15-13(10-11)8-7-12-4-2-3-5-14(12)15/h2-3,5-10H,1H3. The summed E-state index contributed by atoms with van der Waals surface area (Å²) in [7, 11) is 0. The Morgan fingerprint density at radius 1 is 0.933 bits per heavy atom. The molecule has 0 nitrogen and oxygen atoms in total. The van der Waals surface area contributed by atoms with Gasteiger partial charge in [0.2, 0.25) is 0 Å². The first-order valence-electron chi connectivity index (χ1n) is 5.14. The molecule has 0 bridgehead atoms. The SMILES string of the molecule is Cc1ccc2c(ccc3[c]cccc32)c1. The third kappa shape index (κ3) is 1.30. The normalized spacial score (nSPS) is 11.0. The fourth-order valence-corrected chi connectivity index (χ4v) is 2.06. The van der Waals surface area contributed by atoms with Gasteiger partial charge in [0.1, 0.15) is 0 Å². The first kappa shape index (κ1) is 8.49. The smallest absolute Gasteiger partial charge is 0.00987 e. The maximum Gasteiger partial charge on any atom is -0.00987 e. The van der Waals surface area contributed by atoms with E-state index in [0.29, 0.717) is 0 Å². The van der Waals surface area contributed by atoms with Crippen LogP contribution >= 0.6 is 0 Å². The summed E-state index contributed by atoms with van der Waals surface area (Å²) in [4.78, 5) is 0. The lowest BCUT2D eigenvalue weighted by Crippen LogP contribution is -1.78. The number of hydrogen-bond donors (Lipinski definition) is 0. The third-order valence-corrected chi connectivity index (χ3v) is 2.81. The monoisotopic (exact) mass is 191 g/mol. The zero-order valence-electron chi connectivity index (χ0n) is 8.62. The van der Waals surface area contributed by atoms with Crippen LogP contribution in [0.1, 0.15) is 5.56 Å². The van der Waals surface area contributed by atoms with Gasteiger partial charge in [-0.3, -0.25) is 0 Å². The molecular weight excluding hydrogens is 180 g/mol. The zero-order chi connectivity index (χ0) is 10.3. The number of rotatable bonds is 0. The first-order chi connectivity index (χ1) is 7.34. The van der Waals surface area contributed by atoms with E-state index in [9.17, 15) is 0 Å². The molecule has 0 unspecified atom stereocenters. The molecule has 0 N–H and O–H groups in total.